The van der Waals surface area contributed by atoms with E-state index in [0.717, 1.165) is 12.1 Å². The molecule has 0 radical (unpaired) electrons. The van der Waals surface area contributed by atoms with Crippen LogP contribution in [0.15, 0.2) is 12.1 Å². The first-order chi connectivity index (χ1) is 10.8. The second-order valence-corrected chi connectivity index (χ2v) is 7.01. The van der Waals surface area contributed by atoms with Crippen LogP contribution >= 0.6 is 0 Å². The smallest absolute Gasteiger partial charge is 0.339 e. The summed E-state index contributed by atoms with van der Waals surface area (Å²) >= 11 is 0. The average molecular weight is 342 g/mol. The van der Waals surface area contributed by atoms with Gasteiger partial charge in [0.15, 0.2) is 11.5 Å². The molecule has 0 amide bonds. The van der Waals surface area contributed by atoms with E-state index >= 15 is 0 Å². The van der Waals surface area contributed by atoms with Crippen molar-refractivity contribution >= 4 is 11.9 Å². The minimum absolute atomic E-state index is 0.199. The molecule has 0 unspecified atom stereocenters. The summed E-state index contributed by atoms with van der Waals surface area (Å²) in [5, 5.41) is 18.5. The molecule has 0 spiro atoms. The molecule has 0 aromatic heterocycles. The standard InChI is InChI=1S/C16H22O8/c1-15(2,3)23-21-11-8-12(22-24-16(4,5)6)10(14(19)20)7-9(11)13(17)18/h7-8H,1-6H3,(H,17,18)(H,19,20). The van der Waals surface area contributed by atoms with Crippen LogP contribution < -0.4 is 9.78 Å². The van der Waals surface area contributed by atoms with Crippen molar-refractivity contribution in [3.05, 3.63) is 23.3 Å². The van der Waals surface area contributed by atoms with Crippen LogP contribution in [0.4, 0.5) is 0 Å². The van der Waals surface area contributed by atoms with Gasteiger partial charge in [0.2, 0.25) is 0 Å². The summed E-state index contributed by atoms with van der Waals surface area (Å²) in [6.45, 7) is 10.2. The largest absolute Gasteiger partial charge is 0.478 e. The van der Waals surface area contributed by atoms with E-state index in [9.17, 15) is 19.8 Å². The molecule has 0 aliphatic heterocycles. The summed E-state index contributed by atoms with van der Waals surface area (Å²) in [4.78, 5) is 43.0. The van der Waals surface area contributed by atoms with E-state index in [0.29, 0.717) is 0 Å². The highest BCUT2D eigenvalue weighted by molar-refractivity contribution is 5.97. The lowest BCUT2D eigenvalue weighted by atomic mass is 10.1. The van der Waals surface area contributed by atoms with E-state index in [1.807, 2.05) is 0 Å². The molecule has 1 aromatic carbocycles. The fourth-order valence-electron chi connectivity index (χ4n) is 1.37. The van der Waals surface area contributed by atoms with Crippen LogP contribution in [0.25, 0.3) is 0 Å². The topological polar surface area (TPSA) is 112 Å². The lowest BCUT2D eigenvalue weighted by molar-refractivity contribution is -0.279. The van der Waals surface area contributed by atoms with Crippen molar-refractivity contribution in [2.45, 2.75) is 52.7 Å². The summed E-state index contributed by atoms with van der Waals surface area (Å²) in [7, 11) is 0. The van der Waals surface area contributed by atoms with Crippen LogP contribution in [0.1, 0.15) is 62.3 Å². The molecule has 8 heteroatoms. The predicted molar refractivity (Wildman–Crippen MR) is 83.3 cm³/mol. The summed E-state index contributed by atoms with van der Waals surface area (Å²) in [6, 6.07) is 2.03. The summed E-state index contributed by atoms with van der Waals surface area (Å²) in [5.41, 5.74) is -2.16. The molecule has 1 rings (SSSR count). The van der Waals surface area contributed by atoms with Gasteiger partial charge in [-0.15, -0.1) is 0 Å². The van der Waals surface area contributed by atoms with Crippen LogP contribution in [0, 0.1) is 0 Å². The van der Waals surface area contributed by atoms with Crippen LogP contribution in [0.5, 0.6) is 11.5 Å². The maximum absolute atomic E-state index is 11.3. The molecule has 0 saturated heterocycles. The van der Waals surface area contributed by atoms with Crippen LogP contribution in [-0.4, -0.2) is 33.4 Å². The highest BCUT2D eigenvalue weighted by Gasteiger charge is 2.25. The van der Waals surface area contributed by atoms with Gasteiger partial charge in [0, 0.05) is 6.07 Å². The maximum atomic E-state index is 11.3. The monoisotopic (exact) mass is 342 g/mol. The molecular weight excluding hydrogens is 320 g/mol. The number of benzene rings is 1. The Labute approximate surface area is 139 Å². The molecule has 0 atom stereocenters. The van der Waals surface area contributed by atoms with Crippen molar-refractivity contribution in [2.24, 2.45) is 0 Å². The number of aromatic carboxylic acids is 2. The minimum Gasteiger partial charge on any atom is -0.478 e. The Morgan fingerprint density at radius 3 is 1.33 bits per heavy atom. The van der Waals surface area contributed by atoms with Gasteiger partial charge in [-0.1, -0.05) is 0 Å². The molecule has 0 saturated carbocycles. The first kappa shape index (κ1) is 19.7. The Bertz CT molecular complexity index is 571. The third-order valence-corrected chi connectivity index (χ3v) is 2.31. The van der Waals surface area contributed by atoms with Crippen molar-refractivity contribution in [1.29, 1.82) is 0 Å². The summed E-state index contributed by atoms with van der Waals surface area (Å²) in [5.74, 6) is -3.13. The van der Waals surface area contributed by atoms with E-state index in [1.54, 1.807) is 41.5 Å². The van der Waals surface area contributed by atoms with Crippen molar-refractivity contribution in [3.63, 3.8) is 0 Å². The summed E-state index contributed by atoms with van der Waals surface area (Å²) in [6.07, 6.45) is 0. The Balaban J connectivity index is 3.29. The second kappa shape index (κ2) is 7.06. The number of carbonyl (C=O) groups is 2. The third-order valence-electron chi connectivity index (χ3n) is 2.31. The molecule has 134 valence electrons. The molecule has 0 heterocycles. The molecule has 0 bridgehead atoms. The van der Waals surface area contributed by atoms with E-state index in [2.05, 4.69) is 0 Å². The Morgan fingerprint density at radius 1 is 0.750 bits per heavy atom. The Morgan fingerprint density at radius 2 is 1.08 bits per heavy atom. The first-order valence-electron chi connectivity index (χ1n) is 7.16. The van der Waals surface area contributed by atoms with Gasteiger partial charge in [-0.2, -0.15) is 9.78 Å². The highest BCUT2D eigenvalue weighted by atomic mass is 17.2. The Kier molecular flexibility index (Phi) is 5.80. The normalized spacial score (nSPS) is 11.9. The fraction of sp³-hybridized carbons (Fsp3) is 0.500. The molecule has 8 nitrogen and oxygen atoms in total. The van der Waals surface area contributed by atoms with E-state index < -0.39 is 23.1 Å². The fourth-order valence-corrected chi connectivity index (χ4v) is 1.37. The number of carboxylic acid groups (broad SMARTS) is 2. The van der Waals surface area contributed by atoms with Gasteiger partial charge in [-0.05, 0) is 47.6 Å². The van der Waals surface area contributed by atoms with Gasteiger partial charge < -0.3 is 20.0 Å². The first-order valence-corrected chi connectivity index (χ1v) is 7.16. The zero-order chi connectivity index (χ0) is 18.7. The van der Waals surface area contributed by atoms with Crippen molar-refractivity contribution in [2.75, 3.05) is 0 Å². The van der Waals surface area contributed by atoms with Gasteiger partial charge in [0.05, 0.1) is 0 Å². The number of rotatable bonds is 6. The van der Waals surface area contributed by atoms with Crippen molar-refractivity contribution < 1.29 is 39.4 Å². The van der Waals surface area contributed by atoms with Gasteiger partial charge in [0.25, 0.3) is 0 Å². The lowest BCUT2D eigenvalue weighted by Crippen LogP contribution is -2.23. The SMILES string of the molecule is CC(C)(C)OOc1cc(OOC(C)(C)C)c(C(=O)O)cc1C(=O)O. The molecule has 0 fully saturated rings. The molecular formula is C16H22O8. The number of carboxylic acids is 2. The van der Waals surface area contributed by atoms with Gasteiger partial charge in [0.1, 0.15) is 22.3 Å². The van der Waals surface area contributed by atoms with Crippen LogP contribution in [-0.2, 0) is 9.78 Å². The number of hydrogen-bond donors (Lipinski definition) is 2. The third kappa shape index (κ3) is 6.05. The predicted octanol–water partition coefficient (Wildman–Crippen LogP) is 3.30. The molecule has 24 heavy (non-hydrogen) atoms. The van der Waals surface area contributed by atoms with Gasteiger partial charge in [-0.25, -0.2) is 9.59 Å². The lowest BCUT2D eigenvalue weighted by Gasteiger charge is -2.21. The van der Waals surface area contributed by atoms with E-state index in [1.165, 1.54) is 0 Å². The molecule has 0 aliphatic carbocycles. The second-order valence-electron chi connectivity index (χ2n) is 7.01. The van der Waals surface area contributed by atoms with Crippen molar-refractivity contribution in [3.8, 4) is 11.5 Å². The minimum atomic E-state index is -1.37. The maximum Gasteiger partial charge on any atom is 0.339 e. The van der Waals surface area contributed by atoms with Crippen molar-refractivity contribution in [1.82, 2.24) is 0 Å². The molecule has 2 N–H and O–H groups in total. The number of hydrogen-bond acceptors (Lipinski definition) is 6. The quantitative estimate of drug-likeness (QED) is 0.598. The van der Waals surface area contributed by atoms with Crippen LogP contribution in [0.3, 0.4) is 0 Å². The average Bonchev–Trinajstić information content (AvgIpc) is 2.40. The van der Waals surface area contributed by atoms with E-state index in [-0.39, 0.29) is 22.6 Å². The Hall–Kier alpha value is -2.32. The van der Waals surface area contributed by atoms with E-state index in [4.69, 9.17) is 19.6 Å². The highest BCUT2D eigenvalue weighted by Crippen LogP contribution is 2.31. The summed E-state index contributed by atoms with van der Waals surface area (Å²) < 4.78 is 0. The zero-order valence-electron chi connectivity index (χ0n) is 14.5. The zero-order valence-corrected chi connectivity index (χ0v) is 14.5. The van der Waals surface area contributed by atoms with Gasteiger partial charge >= 0.3 is 11.9 Å². The molecule has 0 aliphatic rings. The van der Waals surface area contributed by atoms with Crippen LogP contribution in [0.2, 0.25) is 0 Å². The molecule has 1 aromatic rings. The van der Waals surface area contributed by atoms with Gasteiger partial charge in [-0.3, -0.25) is 0 Å².